The summed E-state index contributed by atoms with van der Waals surface area (Å²) in [5, 5.41) is 2.94. The Morgan fingerprint density at radius 2 is 1.74 bits per heavy atom. The van der Waals surface area contributed by atoms with Crippen molar-refractivity contribution in [1.29, 1.82) is 0 Å². The molecule has 0 heterocycles. The minimum atomic E-state index is -0.0582. The monoisotopic (exact) mass is 365 g/mol. The number of hydrogen-bond acceptors (Lipinski definition) is 1. The predicted molar refractivity (Wildman–Crippen MR) is 87.8 cm³/mol. The van der Waals surface area contributed by atoms with Gasteiger partial charge in [-0.25, -0.2) is 0 Å². The highest BCUT2D eigenvalue weighted by Crippen LogP contribution is 2.19. The van der Waals surface area contributed by atoms with Crippen molar-refractivity contribution in [3.05, 3.63) is 62.2 Å². The van der Waals surface area contributed by atoms with Gasteiger partial charge in [-0.1, -0.05) is 23.8 Å². The highest BCUT2D eigenvalue weighted by atomic mass is 127. The van der Waals surface area contributed by atoms with Crippen LogP contribution in [0.5, 0.6) is 0 Å². The minimum absolute atomic E-state index is 0.0582. The van der Waals surface area contributed by atoms with E-state index < -0.39 is 0 Å². The van der Waals surface area contributed by atoms with E-state index in [4.69, 9.17) is 0 Å². The van der Waals surface area contributed by atoms with Gasteiger partial charge in [-0.3, -0.25) is 4.79 Å². The Morgan fingerprint density at radius 1 is 1.00 bits per heavy atom. The van der Waals surface area contributed by atoms with E-state index in [9.17, 15) is 4.79 Å². The van der Waals surface area contributed by atoms with Crippen LogP contribution in [0.15, 0.2) is 36.4 Å². The zero-order valence-electron chi connectivity index (χ0n) is 11.3. The van der Waals surface area contributed by atoms with Crippen LogP contribution in [-0.2, 0) is 0 Å². The summed E-state index contributed by atoms with van der Waals surface area (Å²) in [7, 11) is 0. The first-order chi connectivity index (χ1) is 8.97. The molecule has 0 aliphatic heterocycles. The molecule has 2 aromatic carbocycles. The lowest BCUT2D eigenvalue weighted by molar-refractivity contribution is 0.102. The molecule has 2 aromatic rings. The summed E-state index contributed by atoms with van der Waals surface area (Å²) < 4.78 is 1.15. The quantitative estimate of drug-likeness (QED) is 0.782. The van der Waals surface area contributed by atoms with E-state index in [1.165, 1.54) is 11.1 Å². The van der Waals surface area contributed by atoms with Crippen molar-refractivity contribution < 1.29 is 4.79 Å². The van der Waals surface area contributed by atoms with Gasteiger partial charge in [-0.05, 0) is 72.7 Å². The molecular weight excluding hydrogens is 349 g/mol. The number of rotatable bonds is 2. The van der Waals surface area contributed by atoms with Gasteiger partial charge < -0.3 is 5.32 Å². The highest BCUT2D eigenvalue weighted by molar-refractivity contribution is 14.1. The Bertz CT molecular complexity index is 635. The molecule has 0 aromatic heterocycles. The number of carbonyl (C=O) groups excluding carboxylic acids is 1. The summed E-state index contributed by atoms with van der Waals surface area (Å²) in [6.07, 6.45) is 0. The summed E-state index contributed by atoms with van der Waals surface area (Å²) in [5.41, 5.74) is 4.93. The second-order valence-electron chi connectivity index (χ2n) is 4.74. The summed E-state index contributed by atoms with van der Waals surface area (Å²) in [6, 6.07) is 11.8. The lowest BCUT2D eigenvalue weighted by Gasteiger charge is -2.09. The van der Waals surface area contributed by atoms with Crippen LogP contribution in [0.1, 0.15) is 27.0 Å². The molecule has 3 heteroatoms. The molecule has 0 saturated heterocycles. The molecule has 1 N–H and O–H groups in total. The Labute approximate surface area is 127 Å². The maximum atomic E-state index is 12.2. The first-order valence-corrected chi connectivity index (χ1v) is 7.20. The van der Waals surface area contributed by atoms with Gasteiger partial charge >= 0.3 is 0 Å². The number of benzene rings is 2. The average Bonchev–Trinajstić information content (AvgIpc) is 2.33. The fourth-order valence-electron chi connectivity index (χ4n) is 1.94. The lowest BCUT2D eigenvalue weighted by Crippen LogP contribution is -2.13. The molecule has 0 bridgehead atoms. The second kappa shape index (κ2) is 5.74. The molecule has 98 valence electrons. The van der Waals surface area contributed by atoms with Crippen LogP contribution in [0.3, 0.4) is 0 Å². The van der Waals surface area contributed by atoms with Gasteiger partial charge in [0, 0.05) is 14.8 Å². The van der Waals surface area contributed by atoms with Crippen molar-refractivity contribution in [2.24, 2.45) is 0 Å². The van der Waals surface area contributed by atoms with E-state index in [0.717, 1.165) is 20.4 Å². The van der Waals surface area contributed by atoms with Crippen LogP contribution in [0.25, 0.3) is 0 Å². The summed E-state index contributed by atoms with van der Waals surface area (Å²) in [6.45, 7) is 6.04. The van der Waals surface area contributed by atoms with E-state index in [2.05, 4.69) is 34.8 Å². The van der Waals surface area contributed by atoms with Crippen molar-refractivity contribution >= 4 is 34.2 Å². The zero-order chi connectivity index (χ0) is 14.0. The Balaban J connectivity index is 2.23. The van der Waals surface area contributed by atoms with Crippen molar-refractivity contribution in [1.82, 2.24) is 0 Å². The van der Waals surface area contributed by atoms with Gasteiger partial charge in [0.15, 0.2) is 0 Å². The molecule has 19 heavy (non-hydrogen) atoms. The highest BCUT2D eigenvalue weighted by Gasteiger charge is 2.09. The van der Waals surface area contributed by atoms with E-state index in [-0.39, 0.29) is 5.91 Å². The maximum absolute atomic E-state index is 12.2. The standard InChI is InChI=1S/C16H16INO/c1-10-4-7-14(12(3)8-10)16(19)18-13-6-5-11(2)15(17)9-13/h4-9H,1-3H3,(H,18,19). The number of anilines is 1. The Morgan fingerprint density at radius 3 is 2.37 bits per heavy atom. The zero-order valence-corrected chi connectivity index (χ0v) is 13.4. The number of aryl methyl sites for hydroxylation is 3. The average molecular weight is 365 g/mol. The third-order valence-electron chi connectivity index (χ3n) is 3.06. The van der Waals surface area contributed by atoms with Crippen LogP contribution in [-0.4, -0.2) is 5.91 Å². The molecule has 0 aliphatic rings. The molecule has 0 saturated carbocycles. The van der Waals surface area contributed by atoms with E-state index in [0.29, 0.717) is 0 Å². The number of hydrogen-bond donors (Lipinski definition) is 1. The smallest absolute Gasteiger partial charge is 0.255 e. The molecule has 0 unspecified atom stereocenters. The molecule has 2 rings (SSSR count). The maximum Gasteiger partial charge on any atom is 0.255 e. The summed E-state index contributed by atoms with van der Waals surface area (Å²) in [4.78, 5) is 12.2. The van der Waals surface area contributed by atoms with Gasteiger partial charge in [0.1, 0.15) is 0 Å². The van der Waals surface area contributed by atoms with Crippen LogP contribution in [0, 0.1) is 24.3 Å². The molecular formula is C16H16INO. The molecule has 2 nitrogen and oxygen atoms in total. The number of carbonyl (C=O) groups is 1. The number of amides is 1. The third kappa shape index (κ3) is 3.35. The molecule has 0 fully saturated rings. The predicted octanol–water partition coefficient (Wildman–Crippen LogP) is 4.47. The minimum Gasteiger partial charge on any atom is -0.322 e. The first kappa shape index (κ1) is 14.1. The summed E-state index contributed by atoms with van der Waals surface area (Å²) >= 11 is 2.27. The molecule has 0 atom stereocenters. The largest absolute Gasteiger partial charge is 0.322 e. The second-order valence-corrected chi connectivity index (χ2v) is 5.90. The van der Waals surface area contributed by atoms with Crippen molar-refractivity contribution in [2.45, 2.75) is 20.8 Å². The van der Waals surface area contributed by atoms with Gasteiger partial charge in [0.25, 0.3) is 5.91 Å². The Hall–Kier alpha value is -1.36. The van der Waals surface area contributed by atoms with Crippen LogP contribution in [0.4, 0.5) is 5.69 Å². The summed E-state index contributed by atoms with van der Waals surface area (Å²) in [5.74, 6) is -0.0582. The normalized spacial score (nSPS) is 10.3. The Kier molecular flexibility index (Phi) is 4.24. The molecule has 1 amide bonds. The van der Waals surface area contributed by atoms with Gasteiger partial charge in [-0.15, -0.1) is 0 Å². The number of halogens is 1. The van der Waals surface area contributed by atoms with Crippen LogP contribution < -0.4 is 5.32 Å². The van der Waals surface area contributed by atoms with Gasteiger partial charge in [0.05, 0.1) is 0 Å². The third-order valence-corrected chi connectivity index (χ3v) is 4.22. The van der Waals surface area contributed by atoms with Crippen molar-refractivity contribution in [2.75, 3.05) is 5.32 Å². The van der Waals surface area contributed by atoms with Crippen LogP contribution in [0.2, 0.25) is 0 Å². The molecule has 0 spiro atoms. The fourth-order valence-corrected chi connectivity index (χ4v) is 2.45. The van der Waals surface area contributed by atoms with Gasteiger partial charge in [-0.2, -0.15) is 0 Å². The van der Waals surface area contributed by atoms with E-state index >= 15 is 0 Å². The number of nitrogens with one attached hydrogen (secondary N) is 1. The van der Waals surface area contributed by atoms with E-state index in [1.54, 1.807) is 0 Å². The van der Waals surface area contributed by atoms with Crippen LogP contribution >= 0.6 is 22.6 Å². The van der Waals surface area contributed by atoms with E-state index in [1.807, 2.05) is 50.2 Å². The lowest BCUT2D eigenvalue weighted by atomic mass is 10.1. The first-order valence-electron chi connectivity index (χ1n) is 6.12. The topological polar surface area (TPSA) is 29.1 Å². The van der Waals surface area contributed by atoms with Gasteiger partial charge in [0.2, 0.25) is 0 Å². The molecule has 0 radical (unpaired) electrons. The molecule has 0 aliphatic carbocycles. The SMILES string of the molecule is Cc1ccc(C(=O)Nc2ccc(C)c(I)c2)c(C)c1. The van der Waals surface area contributed by atoms with Crippen molar-refractivity contribution in [3.8, 4) is 0 Å². The van der Waals surface area contributed by atoms with Crippen molar-refractivity contribution in [3.63, 3.8) is 0 Å². The fraction of sp³-hybridized carbons (Fsp3) is 0.188.